The highest BCUT2D eigenvalue weighted by Gasteiger charge is 2.04. The van der Waals surface area contributed by atoms with Crippen LogP contribution in [0.1, 0.15) is 29.9 Å². The largest absolute Gasteiger partial charge is 0.468 e. The highest BCUT2D eigenvalue weighted by molar-refractivity contribution is 5.23. The number of furan rings is 1. The molecule has 0 spiro atoms. The van der Waals surface area contributed by atoms with Gasteiger partial charge in [0.25, 0.3) is 0 Å². The van der Waals surface area contributed by atoms with Crippen molar-refractivity contribution in [3.63, 3.8) is 0 Å². The number of nitrogens with one attached hydrogen (secondary N) is 1. The summed E-state index contributed by atoms with van der Waals surface area (Å²) in [5.41, 5.74) is 2.60. The number of hydrogen-bond donors (Lipinski definition) is 1. The molecular formula is C14H17NO. The van der Waals surface area contributed by atoms with Crippen LogP contribution in [-0.2, 0) is 6.54 Å². The van der Waals surface area contributed by atoms with Gasteiger partial charge in [0.15, 0.2) is 0 Å². The van der Waals surface area contributed by atoms with Crippen molar-refractivity contribution >= 4 is 0 Å². The third-order valence-electron chi connectivity index (χ3n) is 2.74. The van der Waals surface area contributed by atoms with E-state index in [-0.39, 0.29) is 0 Å². The molecule has 0 aliphatic heterocycles. The van der Waals surface area contributed by atoms with Gasteiger partial charge in [0, 0.05) is 6.04 Å². The standard InChI is InChI=1S/C14H17NO/c1-11-5-7-13(8-6-11)12(2)15-10-14-4-3-9-16-14/h3-9,12,15H,10H2,1-2H3. The lowest BCUT2D eigenvalue weighted by molar-refractivity contribution is 0.460. The summed E-state index contributed by atoms with van der Waals surface area (Å²) in [5.74, 6) is 0.971. The summed E-state index contributed by atoms with van der Waals surface area (Å²) in [6, 6.07) is 12.8. The predicted octanol–water partition coefficient (Wildman–Crippen LogP) is 3.44. The lowest BCUT2D eigenvalue weighted by Crippen LogP contribution is -2.17. The maximum Gasteiger partial charge on any atom is 0.117 e. The van der Waals surface area contributed by atoms with Gasteiger partial charge in [-0.25, -0.2) is 0 Å². The first-order valence-electron chi connectivity index (χ1n) is 5.58. The Kier molecular flexibility index (Phi) is 3.42. The van der Waals surface area contributed by atoms with Gasteiger partial charge >= 0.3 is 0 Å². The molecule has 1 aromatic carbocycles. The van der Waals surface area contributed by atoms with Gasteiger partial charge in [0.2, 0.25) is 0 Å². The van der Waals surface area contributed by atoms with Crippen LogP contribution >= 0.6 is 0 Å². The lowest BCUT2D eigenvalue weighted by atomic mass is 10.1. The van der Waals surface area contributed by atoms with Gasteiger partial charge in [-0.1, -0.05) is 29.8 Å². The van der Waals surface area contributed by atoms with Gasteiger partial charge in [0.1, 0.15) is 5.76 Å². The average Bonchev–Trinajstić information content (AvgIpc) is 2.80. The van der Waals surface area contributed by atoms with E-state index in [0.29, 0.717) is 6.04 Å². The third-order valence-corrected chi connectivity index (χ3v) is 2.74. The van der Waals surface area contributed by atoms with Gasteiger partial charge in [-0.15, -0.1) is 0 Å². The summed E-state index contributed by atoms with van der Waals surface area (Å²) in [4.78, 5) is 0. The van der Waals surface area contributed by atoms with E-state index in [1.165, 1.54) is 11.1 Å². The molecule has 1 unspecified atom stereocenters. The van der Waals surface area contributed by atoms with E-state index in [1.54, 1.807) is 6.26 Å². The first-order chi connectivity index (χ1) is 7.75. The van der Waals surface area contributed by atoms with Crippen LogP contribution in [0, 0.1) is 6.92 Å². The molecule has 1 atom stereocenters. The molecule has 0 fully saturated rings. The van der Waals surface area contributed by atoms with E-state index in [2.05, 4.69) is 43.4 Å². The Bertz CT molecular complexity index is 417. The number of aryl methyl sites for hydroxylation is 1. The zero-order valence-electron chi connectivity index (χ0n) is 9.73. The van der Waals surface area contributed by atoms with E-state index >= 15 is 0 Å². The van der Waals surface area contributed by atoms with Crippen LogP contribution in [0.3, 0.4) is 0 Å². The van der Waals surface area contributed by atoms with Gasteiger partial charge in [0.05, 0.1) is 12.8 Å². The van der Waals surface area contributed by atoms with E-state index in [9.17, 15) is 0 Å². The first kappa shape index (κ1) is 11.0. The summed E-state index contributed by atoms with van der Waals surface area (Å²) < 4.78 is 5.28. The number of hydrogen-bond acceptors (Lipinski definition) is 2. The van der Waals surface area contributed by atoms with Crippen LogP contribution in [0.4, 0.5) is 0 Å². The molecule has 0 bridgehead atoms. The van der Waals surface area contributed by atoms with Gasteiger partial charge in [-0.05, 0) is 31.5 Å². The predicted molar refractivity (Wildman–Crippen MR) is 65.1 cm³/mol. The average molecular weight is 215 g/mol. The summed E-state index contributed by atoms with van der Waals surface area (Å²) in [5, 5.41) is 3.43. The summed E-state index contributed by atoms with van der Waals surface area (Å²) in [7, 11) is 0. The van der Waals surface area contributed by atoms with Crippen molar-refractivity contribution in [3.8, 4) is 0 Å². The molecule has 0 aliphatic rings. The topological polar surface area (TPSA) is 25.2 Å². The zero-order valence-corrected chi connectivity index (χ0v) is 9.73. The second kappa shape index (κ2) is 4.99. The molecule has 0 saturated heterocycles. The fraction of sp³-hybridized carbons (Fsp3) is 0.286. The fourth-order valence-corrected chi connectivity index (χ4v) is 1.64. The van der Waals surface area contributed by atoms with Crippen molar-refractivity contribution in [2.45, 2.75) is 26.4 Å². The smallest absolute Gasteiger partial charge is 0.117 e. The molecule has 0 saturated carbocycles. The van der Waals surface area contributed by atoms with E-state index in [1.807, 2.05) is 12.1 Å². The molecule has 84 valence electrons. The Morgan fingerprint density at radius 2 is 1.94 bits per heavy atom. The van der Waals surface area contributed by atoms with Crippen LogP contribution < -0.4 is 5.32 Å². The van der Waals surface area contributed by atoms with Crippen LogP contribution in [0.15, 0.2) is 47.1 Å². The molecule has 1 aromatic heterocycles. The molecule has 2 rings (SSSR count). The highest BCUT2D eigenvalue weighted by Crippen LogP contribution is 2.13. The molecule has 1 heterocycles. The van der Waals surface area contributed by atoms with Crippen LogP contribution in [0.2, 0.25) is 0 Å². The monoisotopic (exact) mass is 215 g/mol. The molecule has 2 nitrogen and oxygen atoms in total. The zero-order chi connectivity index (χ0) is 11.4. The molecule has 1 N–H and O–H groups in total. The fourth-order valence-electron chi connectivity index (χ4n) is 1.64. The normalized spacial score (nSPS) is 12.6. The summed E-state index contributed by atoms with van der Waals surface area (Å²) >= 11 is 0. The van der Waals surface area contributed by atoms with Crippen molar-refractivity contribution in [3.05, 3.63) is 59.5 Å². The maximum absolute atomic E-state index is 5.28. The molecular weight excluding hydrogens is 198 g/mol. The van der Waals surface area contributed by atoms with Crippen LogP contribution in [0.5, 0.6) is 0 Å². The second-order valence-corrected chi connectivity index (χ2v) is 4.09. The highest BCUT2D eigenvalue weighted by atomic mass is 16.3. The molecule has 2 aromatic rings. The number of benzene rings is 1. The van der Waals surface area contributed by atoms with Crippen molar-refractivity contribution in [2.24, 2.45) is 0 Å². The molecule has 2 heteroatoms. The molecule has 0 radical (unpaired) electrons. The van der Waals surface area contributed by atoms with E-state index in [4.69, 9.17) is 4.42 Å². The quantitative estimate of drug-likeness (QED) is 0.845. The van der Waals surface area contributed by atoms with E-state index in [0.717, 1.165) is 12.3 Å². The number of rotatable bonds is 4. The minimum Gasteiger partial charge on any atom is -0.468 e. The SMILES string of the molecule is Cc1ccc(C(C)NCc2ccco2)cc1. The maximum atomic E-state index is 5.28. The Morgan fingerprint density at radius 3 is 2.56 bits per heavy atom. The van der Waals surface area contributed by atoms with Crippen molar-refractivity contribution in [1.29, 1.82) is 0 Å². The van der Waals surface area contributed by atoms with Crippen molar-refractivity contribution < 1.29 is 4.42 Å². The van der Waals surface area contributed by atoms with Crippen molar-refractivity contribution in [1.82, 2.24) is 5.32 Å². The third kappa shape index (κ3) is 2.74. The molecule has 0 amide bonds. The molecule has 0 aliphatic carbocycles. The Balaban J connectivity index is 1.93. The van der Waals surface area contributed by atoms with Crippen LogP contribution in [-0.4, -0.2) is 0 Å². The van der Waals surface area contributed by atoms with E-state index < -0.39 is 0 Å². The van der Waals surface area contributed by atoms with Gasteiger partial charge in [-0.2, -0.15) is 0 Å². The molecule has 16 heavy (non-hydrogen) atoms. The Hall–Kier alpha value is -1.54. The minimum absolute atomic E-state index is 0.339. The van der Waals surface area contributed by atoms with Gasteiger partial charge < -0.3 is 9.73 Å². The first-order valence-corrected chi connectivity index (χ1v) is 5.58. The Labute approximate surface area is 96.3 Å². The second-order valence-electron chi connectivity index (χ2n) is 4.09. The Morgan fingerprint density at radius 1 is 1.19 bits per heavy atom. The lowest BCUT2D eigenvalue weighted by Gasteiger charge is -2.13. The summed E-state index contributed by atoms with van der Waals surface area (Å²) in [6.07, 6.45) is 1.70. The van der Waals surface area contributed by atoms with Crippen molar-refractivity contribution in [2.75, 3.05) is 0 Å². The minimum atomic E-state index is 0.339. The van der Waals surface area contributed by atoms with Crippen LogP contribution in [0.25, 0.3) is 0 Å². The summed E-state index contributed by atoms with van der Waals surface area (Å²) in [6.45, 7) is 5.03. The van der Waals surface area contributed by atoms with Gasteiger partial charge in [-0.3, -0.25) is 0 Å².